The molecule has 0 aromatic heterocycles. The average Bonchev–Trinajstić information content (AvgIpc) is 2.02. The van der Waals surface area contributed by atoms with Crippen LogP contribution in [0.3, 0.4) is 0 Å². The van der Waals surface area contributed by atoms with E-state index in [-0.39, 0.29) is 5.56 Å². The van der Waals surface area contributed by atoms with E-state index >= 15 is 0 Å². The van der Waals surface area contributed by atoms with Gasteiger partial charge in [-0.15, -0.1) is 0 Å². The lowest BCUT2D eigenvalue weighted by atomic mass is 10.0. The van der Waals surface area contributed by atoms with Crippen LogP contribution < -0.4 is 0 Å². The molecule has 0 amide bonds. The van der Waals surface area contributed by atoms with Gasteiger partial charge in [-0.05, 0) is 29.3 Å². The van der Waals surface area contributed by atoms with Gasteiger partial charge in [0, 0.05) is 5.02 Å². The number of carboxylic acid groups (broad SMARTS) is 1. The van der Waals surface area contributed by atoms with Crippen LogP contribution in [0.1, 0.15) is 11.5 Å². The highest BCUT2D eigenvalue weighted by Gasteiger charge is 2.26. The molecule has 1 unspecified atom stereocenters. The largest absolute Gasteiger partial charge is 0.480 e. The Morgan fingerprint density at radius 2 is 2.00 bits per heavy atom. The molecule has 0 radical (unpaired) electrons. The number of halogens is 2. The van der Waals surface area contributed by atoms with Crippen molar-refractivity contribution in [3.05, 3.63) is 34.9 Å². The van der Waals surface area contributed by atoms with Crippen LogP contribution in [-0.4, -0.2) is 16.3 Å². The van der Waals surface area contributed by atoms with E-state index in [0.29, 0.717) is 5.02 Å². The number of carbonyl (C=O) groups excluding carboxylic acids is 1. The van der Waals surface area contributed by atoms with Crippen molar-refractivity contribution in [2.75, 3.05) is 0 Å². The maximum atomic E-state index is 10.8. The van der Waals surface area contributed by atoms with Gasteiger partial charge in [-0.1, -0.05) is 23.7 Å². The van der Waals surface area contributed by atoms with E-state index in [4.69, 9.17) is 28.3 Å². The normalized spacial score (nSPS) is 12.1. The molecular formula is C9H6Cl2O3. The van der Waals surface area contributed by atoms with E-state index in [1.54, 1.807) is 12.1 Å². The van der Waals surface area contributed by atoms with Crippen LogP contribution in [-0.2, 0) is 9.59 Å². The monoisotopic (exact) mass is 232 g/mol. The SMILES string of the molecule is O=C(O)C(C(=O)Cl)c1cccc(Cl)c1. The second kappa shape index (κ2) is 4.44. The summed E-state index contributed by atoms with van der Waals surface area (Å²) in [4.78, 5) is 21.5. The van der Waals surface area contributed by atoms with Gasteiger partial charge in [0.05, 0.1) is 0 Å². The zero-order chi connectivity index (χ0) is 10.7. The van der Waals surface area contributed by atoms with Crippen molar-refractivity contribution in [1.29, 1.82) is 0 Å². The summed E-state index contributed by atoms with van der Waals surface area (Å²) in [5.41, 5.74) is 0.282. The Hall–Kier alpha value is -1.06. The first-order valence-corrected chi connectivity index (χ1v) is 4.45. The Balaban J connectivity index is 3.12. The number of benzene rings is 1. The van der Waals surface area contributed by atoms with Crippen molar-refractivity contribution < 1.29 is 14.7 Å². The summed E-state index contributed by atoms with van der Waals surface area (Å²) in [5.74, 6) is -2.64. The molecule has 1 aromatic carbocycles. The molecule has 0 aliphatic heterocycles. The third-order valence-electron chi connectivity index (χ3n) is 1.66. The molecule has 3 nitrogen and oxygen atoms in total. The van der Waals surface area contributed by atoms with E-state index < -0.39 is 17.1 Å². The number of carboxylic acids is 1. The van der Waals surface area contributed by atoms with Crippen molar-refractivity contribution in [2.24, 2.45) is 0 Å². The van der Waals surface area contributed by atoms with E-state index in [0.717, 1.165) is 0 Å². The van der Waals surface area contributed by atoms with Gasteiger partial charge in [0.2, 0.25) is 5.24 Å². The molecule has 74 valence electrons. The second-order valence-corrected chi connectivity index (χ2v) is 3.44. The van der Waals surface area contributed by atoms with Gasteiger partial charge in [-0.3, -0.25) is 9.59 Å². The molecule has 0 saturated heterocycles. The Kier molecular flexibility index (Phi) is 3.49. The number of rotatable bonds is 3. The van der Waals surface area contributed by atoms with Gasteiger partial charge in [0.1, 0.15) is 0 Å². The first kappa shape index (κ1) is 11.0. The molecule has 1 rings (SSSR count). The Morgan fingerprint density at radius 3 is 2.43 bits per heavy atom. The standard InChI is InChI=1S/C9H6Cl2O3/c10-6-3-1-2-5(4-6)7(8(11)12)9(13)14/h1-4,7H,(H,13,14). The summed E-state index contributed by atoms with van der Waals surface area (Å²) in [7, 11) is 0. The first-order valence-electron chi connectivity index (χ1n) is 3.70. The second-order valence-electron chi connectivity index (χ2n) is 2.63. The lowest BCUT2D eigenvalue weighted by Gasteiger charge is -2.07. The summed E-state index contributed by atoms with van der Waals surface area (Å²) in [5, 5.41) is 8.18. The van der Waals surface area contributed by atoms with E-state index in [2.05, 4.69) is 0 Å². The quantitative estimate of drug-likeness (QED) is 0.643. The van der Waals surface area contributed by atoms with Gasteiger partial charge in [-0.25, -0.2) is 0 Å². The molecule has 5 heteroatoms. The minimum absolute atomic E-state index is 0.282. The molecule has 0 aliphatic rings. The van der Waals surface area contributed by atoms with E-state index in [1.807, 2.05) is 0 Å². The van der Waals surface area contributed by atoms with Gasteiger partial charge >= 0.3 is 5.97 Å². The average molecular weight is 233 g/mol. The zero-order valence-corrected chi connectivity index (χ0v) is 8.42. The van der Waals surface area contributed by atoms with Crippen molar-refractivity contribution in [3.8, 4) is 0 Å². The highest BCUT2D eigenvalue weighted by Crippen LogP contribution is 2.22. The Labute approximate surface area is 90.3 Å². The molecule has 0 fully saturated rings. The smallest absolute Gasteiger partial charge is 0.319 e. The lowest BCUT2D eigenvalue weighted by molar-refractivity contribution is -0.140. The minimum atomic E-state index is -1.35. The van der Waals surface area contributed by atoms with Crippen LogP contribution in [0.4, 0.5) is 0 Å². The van der Waals surface area contributed by atoms with Crippen LogP contribution in [0.2, 0.25) is 5.02 Å². The number of carbonyl (C=O) groups is 2. The van der Waals surface area contributed by atoms with Crippen LogP contribution in [0, 0.1) is 0 Å². The van der Waals surface area contributed by atoms with Gasteiger partial charge in [-0.2, -0.15) is 0 Å². The number of aliphatic carboxylic acids is 1. The van der Waals surface area contributed by atoms with Crippen LogP contribution in [0.5, 0.6) is 0 Å². The van der Waals surface area contributed by atoms with Crippen molar-refractivity contribution in [1.82, 2.24) is 0 Å². The molecule has 0 spiro atoms. The molecular weight excluding hydrogens is 227 g/mol. The summed E-state index contributed by atoms with van der Waals surface area (Å²) in [6.07, 6.45) is 0. The van der Waals surface area contributed by atoms with Crippen LogP contribution >= 0.6 is 23.2 Å². The summed E-state index contributed by atoms with van der Waals surface area (Å²) in [6.45, 7) is 0. The summed E-state index contributed by atoms with van der Waals surface area (Å²) >= 11 is 10.8. The zero-order valence-electron chi connectivity index (χ0n) is 6.91. The fraction of sp³-hybridized carbons (Fsp3) is 0.111. The highest BCUT2D eigenvalue weighted by molar-refractivity contribution is 6.66. The van der Waals surface area contributed by atoms with Gasteiger partial charge in [0.25, 0.3) is 0 Å². The molecule has 0 heterocycles. The maximum absolute atomic E-state index is 10.8. The third-order valence-corrected chi connectivity index (χ3v) is 2.11. The molecule has 0 saturated carbocycles. The predicted octanol–water partition coefficient (Wildman–Crippen LogP) is 2.27. The molecule has 0 bridgehead atoms. The molecule has 1 N–H and O–H groups in total. The minimum Gasteiger partial charge on any atom is -0.480 e. The summed E-state index contributed by atoms with van der Waals surface area (Å²) < 4.78 is 0. The van der Waals surface area contributed by atoms with Crippen molar-refractivity contribution >= 4 is 34.4 Å². The number of hydrogen-bond donors (Lipinski definition) is 1. The molecule has 1 atom stereocenters. The first-order chi connectivity index (χ1) is 6.52. The molecule has 1 aromatic rings. The predicted molar refractivity (Wildman–Crippen MR) is 52.7 cm³/mol. The topological polar surface area (TPSA) is 54.4 Å². The summed E-state index contributed by atoms with van der Waals surface area (Å²) in [6, 6.07) is 6.04. The fourth-order valence-electron chi connectivity index (χ4n) is 1.06. The Bertz CT molecular complexity index is 362. The Morgan fingerprint density at radius 1 is 1.36 bits per heavy atom. The van der Waals surface area contributed by atoms with Crippen LogP contribution in [0.15, 0.2) is 24.3 Å². The molecule has 14 heavy (non-hydrogen) atoms. The fourth-order valence-corrected chi connectivity index (χ4v) is 1.47. The molecule has 0 aliphatic carbocycles. The van der Waals surface area contributed by atoms with Gasteiger partial charge < -0.3 is 5.11 Å². The highest BCUT2D eigenvalue weighted by atomic mass is 35.5. The van der Waals surface area contributed by atoms with E-state index in [1.165, 1.54) is 12.1 Å². The lowest BCUT2D eigenvalue weighted by Crippen LogP contribution is -2.17. The van der Waals surface area contributed by atoms with Crippen LogP contribution in [0.25, 0.3) is 0 Å². The van der Waals surface area contributed by atoms with Crippen molar-refractivity contribution in [3.63, 3.8) is 0 Å². The maximum Gasteiger partial charge on any atom is 0.319 e. The van der Waals surface area contributed by atoms with E-state index in [9.17, 15) is 9.59 Å². The van der Waals surface area contributed by atoms with Gasteiger partial charge in [0.15, 0.2) is 5.92 Å². The van der Waals surface area contributed by atoms with Crippen molar-refractivity contribution in [2.45, 2.75) is 5.92 Å². The number of hydrogen-bond acceptors (Lipinski definition) is 2. The third kappa shape index (κ3) is 2.47.